The minimum Gasteiger partial charge on any atom is -0.325 e. The fourth-order valence-corrected chi connectivity index (χ4v) is 2.62. The van der Waals surface area contributed by atoms with Gasteiger partial charge in [0.2, 0.25) is 5.91 Å². The number of halogens is 2. The lowest BCUT2D eigenvalue weighted by Gasteiger charge is -2.07. The lowest BCUT2D eigenvalue weighted by atomic mass is 10.2. The van der Waals surface area contributed by atoms with E-state index >= 15 is 0 Å². The molecule has 0 unspecified atom stereocenters. The number of nitrogens with one attached hydrogen (secondary N) is 1. The molecule has 1 heterocycles. The Labute approximate surface area is 130 Å². The van der Waals surface area contributed by atoms with Crippen LogP contribution >= 0.6 is 34.5 Å². The second-order valence-corrected chi connectivity index (χ2v) is 5.86. The molecule has 20 heavy (non-hydrogen) atoms. The van der Waals surface area contributed by atoms with Crippen LogP contribution < -0.4 is 5.32 Å². The minimum atomic E-state index is -0.265. The van der Waals surface area contributed by atoms with E-state index in [1.54, 1.807) is 24.3 Å². The highest BCUT2D eigenvalue weighted by Gasteiger charge is 2.11. The zero-order valence-electron chi connectivity index (χ0n) is 10.4. The van der Waals surface area contributed by atoms with Crippen molar-refractivity contribution in [3.05, 3.63) is 50.6 Å². The maximum Gasteiger partial charge on any atom is 0.224 e. The van der Waals surface area contributed by atoms with Crippen LogP contribution in [0.5, 0.6) is 0 Å². The third-order valence-electron chi connectivity index (χ3n) is 2.58. The molecule has 2 aromatic rings. The number of carbonyl (C=O) groups is 2. The first-order valence-electron chi connectivity index (χ1n) is 5.88. The lowest BCUT2D eigenvalue weighted by Crippen LogP contribution is -2.13. The van der Waals surface area contributed by atoms with Crippen molar-refractivity contribution in [2.24, 2.45) is 0 Å². The van der Waals surface area contributed by atoms with Crippen molar-refractivity contribution in [1.29, 1.82) is 0 Å². The largest absolute Gasteiger partial charge is 0.325 e. The van der Waals surface area contributed by atoms with Crippen molar-refractivity contribution < 1.29 is 9.59 Å². The molecule has 0 saturated heterocycles. The second-order valence-electron chi connectivity index (χ2n) is 4.07. The van der Waals surface area contributed by atoms with Crippen LogP contribution in [0, 0.1) is 0 Å². The molecule has 1 N–H and O–H groups in total. The van der Waals surface area contributed by atoms with E-state index < -0.39 is 0 Å². The molecule has 0 bridgehead atoms. The number of amides is 1. The molecular formula is C14H11Cl2NO2S. The molecular weight excluding hydrogens is 317 g/mol. The predicted octanol–water partition coefficient (Wildman–Crippen LogP) is 4.66. The standard InChI is InChI=1S/C14H11Cl2NO2S/c15-9-3-4-10(16)11(8-9)17-14(19)6-5-12(18)13-2-1-7-20-13/h1-4,7-8H,5-6H2,(H,17,19). The third kappa shape index (κ3) is 4.07. The molecule has 1 amide bonds. The Kier molecular flexibility index (Phi) is 5.17. The summed E-state index contributed by atoms with van der Waals surface area (Å²) in [5, 5.41) is 5.38. The second kappa shape index (κ2) is 6.88. The number of thiophene rings is 1. The smallest absolute Gasteiger partial charge is 0.224 e. The van der Waals surface area contributed by atoms with E-state index in [1.165, 1.54) is 11.3 Å². The van der Waals surface area contributed by atoms with Crippen molar-refractivity contribution in [3.8, 4) is 0 Å². The van der Waals surface area contributed by atoms with Crippen LogP contribution in [-0.4, -0.2) is 11.7 Å². The van der Waals surface area contributed by atoms with Crippen molar-refractivity contribution in [2.75, 3.05) is 5.32 Å². The summed E-state index contributed by atoms with van der Waals surface area (Å²) in [5.41, 5.74) is 0.452. The molecule has 6 heteroatoms. The number of hydrogen-bond donors (Lipinski definition) is 1. The summed E-state index contributed by atoms with van der Waals surface area (Å²) in [6.07, 6.45) is 0.282. The highest BCUT2D eigenvalue weighted by atomic mass is 35.5. The first-order valence-corrected chi connectivity index (χ1v) is 7.51. The lowest BCUT2D eigenvalue weighted by molar-refractivity contribution is -0.116. The van der Waals surface area contributed by atoms with Gasteiger partial charge in [-0.2, -0.15) is 0 Å². The van der Waals surface area contributed by atoms with Gasteiger partial charge in [-0.05, 0) is 29.6 Å². The van der Waals surface area contributed by atoms with E-state index in [0.717, 1.165) is 0 Å². The van der Waals surface area contributed by atoms with Gasteiger partial charge in [-0.3, -0.25) is 9.59 Å². The van der Waals surface area contributed by atoms with Crippen LogP contribution in [0.3, 0.4) is 0 Å². The summed E-state index contributed by atoms with van der Waals surface area (Å²) in [6, 6.07) is 8.38. The highest BCUT2D eigenvalue weighted by Crippen LogP contribution is 2.25. The molecule has 0 aliphatic carbocycles. The number of Topliss-reactive ketones (excluding diaryl/α,β-unsaturated/α-hetero) is 1. The minimum absolute atomic E-state index is 0.0349. The Morgan fingerprint density at radius 2 is 1.95 bits per heavy atom. The summed E-state index contributed by atoms with van der Waals surface area (Å²) >= 11 is 13.1. The van der Waals surface area contributed by atoms with E-state index in [2.05, 4.69) is 5.32 Å². The highest BCUT2D eigenvalue weighted by molar-refractivity contribution is 7.12. The van der Waals surface area contributed by atoms with Gasteiger partial charge in [0.25, 0.3) is 0 Å². The van der Waals surface area contributed by atoms with Crippen molar-refractivity contribution in [2.45, 2.75) is 12.8 Å². The molecule has 0 fully saturated rings. The number of carbonyl (C=O) groups excluding carboxylic acids is 2. The van der Waals surface area contributed by atoms with E-state index in [1.807, 2.05) is 11.4 Å². The fourth-order valence-electron chi connectivity index (χ4n) is 1.59. The van der Waals surface area contributed by atoms with Gasteiger partial charge in [0.15, 0.2) is 5.78 Å². The van der Waals surface area contributed by atoms with Crippen molar-refractivity contribution in [1.82, 2.24) is 0 Å². The average molecular weight is 328 g/mol. The Bertz CT molecular complexity index is 626. The van der Waals surface area contributed by atoms with Gasteiger partial charge in [0.05, 0.1) is 15.6 Å². The zero-order valence-corrected chi connectivity index (χ0v) is 12.7. The van der Waals surface area contributed by atoms with Crippen molar-refractivity contribution in [3.63, 3.8) is 0 Å². The molecule has 1 aromatic carbocycles. The van der Waals surface area contributed by atoms with Gasteiger partial charge < -0.3 is 5.32 Å². The van der Waals surface area contributed by atoms with E-state index in [-0.39, 0.29) is 24.5 Å². The zero-order chi connectivity index (χ0) is 14.5. The van der Waals surface area contributed by atoms with Gasteiger partial charge in [-0.15, -0.1) is 11.3 Å². The van der Waals surface area contributed by atoms with E-state index in [9.17, 15) is 9.59 Å². The van der Waals surface area contributed by atoms with Gasteiger partial charge >= 0.3 is 0 Å². The number of benzene rings is 1. The summed E-state index contributed by atoms with van der Waals surface area (Å²) < 4.78 is 0. The molecule has 1 aromatic heterocycles. The summed E-state index contributed by atoms with van der Waals surface area (Å²) in [5.74, 6) is -0.300. The molecule has 0 spiro atoms. The topological polar surface area (TPSA) is 46.2 Å². The monoisotopic (exact) mass is 327 g/mol. The molecule has 0 aliphatic rings. The molecule has 0 radical (unpaired) electrons. The summed E-state index contributed by atoms with van der Waals surface area (Å²) in [6.45, 7) is 0. The third-order valence-corrected chi connectivity index (χ3v) is 4.05. The SMILES string of the molecule is O=C(CCC(=O)c1cccs1)Nc1cc(Cl)ccc1Cl. The predicted molar refractivity (Wildman–Crippen MR) is 83.0 cm³/mol. The maximum atomic E-state index is 11.8. The van der Waals surface area contributed by atoms with Gasteiger partial charge in [0.1, 0.15) is 0 Å². The number of hydrogen-bond acceptors (Lipinski definition) is 3. The summed E-state index contributed by atoms with van der Waals surface area (Å²) in [7, 11) is 0. The Hall–Kier alpha value is -1.36. The molecule has 104 valence electrons. The first-order chi connectivity index (χ1) is 9.56. The molecule has 2 rings (SSSR count). The van der Waals surface area contributed by atoms with Gasteiger partial charge in [-0.1, -0.05) is 29.3 Å². The van der Waals surface area contributed by atoms with Crippen molar-refractivity contribution >= 4 is 51.9 Å². The quantitative estimate of drug-likeness (QED) is 0.812. The number of ketones is 1. The fraction of sp³-hybridized carbons (Fsp3) is 0.143. The normalized spacial score (nSPS) is 10.3. The Morgan fingerprint density at radius 3 is 2.65 bits per heavy atom. The van der Waals surface area contributed by atoms with E-state index in [0.29, 0.717) is 20.6 Å². The Morgan fingerprint density at radius 1 is 1.15 bits per heavy atom. The van der Waals surface area contributed by atoms with Crippen LogP contribution in [0.1, 0.15) is 22.5 Å². The number of rotatable bonds is 5. The van der Waals surface area contributed by atoms with Crippen LogP contribution in [0.15, 0.2) is 35.7 Å². The molecule has 0 saturated carbocycles. The van der Waals surface area contributed by atoms with Gasteiger partial charge in [-0.25, -0.2) is 0 Å². The number of anilines is 1. The molecule has 3 nitrogen and oxygen atoms in total. The molecule has 0 aliphatic heterocycles. The summed E-state index contributed by atoms with van der Waals surface area (Å²) in [4.78, 5) is 24.2. The molecule has 0 atom stereocenters. The van der Waals surface area contributed by atoms with Crippen LogP contribution in [0.4, 0.5) is 5.69 Å². The average Bonchev–Trinajstić information content (AvgIpc) is 2.94. The Balaban J connectivity index is 1.90. The van der Waals surface area contributed by atoms with Gasteiger partial charge in [0, 0.05) is 17.9 Å². The van der Waals surface area contributed by atoms with E-state index in [4.69, 9.17) is 23.2 Å². The van der Waals surface area contributed by atoms with Crippen LogP contribution in [0.25, 0.3) is 0 Å². The van der Waals surface area contributed by atoms with Crippen LogP contribution in [0.2, 0.25) is 10.0 Å². The first kappa shape index (κ1) is 15.0. The maximum absolute atomic E-state index is 11.8. The van der Waals surface area contributed by atoms with Crippen LogP contribution in [-0.2, 0) is 4.79 Å².